The molecule has 12 heavy (non-hydrogen) atoms. The molecule has 0 spiro atoms. The quantitative estimate of drug-likeness (QED) is 0.673. The van der Waals surface area contributed by atoms with Gasteiger partial charge in [0.1, 0.15) is 6.10 Å². The number of aliphatic hydroxyl groups excluding tert-OH is 1. The molecule has 1 aliphatic rings. The molecular weight excluding hydrogens is 156 g/mol. The fraction of sp³-hybridized carbons (Fsp3) is 1.00. The van der Waals surface area contributed by atoms with Crippen molar-refractivity contribution in [2.75, 3.05) is 14.2 Å². The van der Waals surface area contributed by atoms with E-state index in [2.05, 4.69) is 6.92 Å². The summed E-state index contributed by atoms with van der Waals surface area (Å²) in [4.78, 5) is 0. The highest BCUT2D eigenvalue weighted by atomic mass is 16.5. The van der Waals surface area contributed by atoms with Crippen LogP contribution in [0.5, 0.6) is 0 Å². The zero-order valence-electron chi connectivity index (χ0n) is 7.99. The summed E-state index contributed by atoms with van der Waals surface area (Å²) in [6.45, 7) is 2.13. The van der Waals surface area contributed by atoms with Crippen molar-refractivity contribution in [3.63, 3.8) is 0 Å². The Labute approximate surface area is 73.7 Å². The van der Waals surface area contributed by atoms with Crippen LogP contribution in [0, 0.1) is 5.92 Å². The molecule has 0 heterocycles. The predicted octanol–water partition coefficient (Wildman–Crippen LogP) is 0.807. The topological polar surface area (TPSA) is 38.7 Å². The molecule has 0 amide bonds. The van der Waals surface area contributed by atoms with Gasteiger partial charge in [-0.2, -0.15) is 0 Å². The summed E-state index contributed by atoms with van der Waals surface area (Å²) in [5.41, 5.74) is 0. The molecule has 1 rings (SSSR count). The second-order valence-electron chi connectivity index (χ2n) is 3.62. The van der Waals surface area contributed by atoms with E-state index in [0.29, 0.717) is 5.92 Å². The van der Waals surface area contributed by atoms with Crippen molar-refractivity contribution in [3.8, 4) is 0 Å². The van der Waals surface area contributed by atoms with E-state index in [1.165, 1.54) is 0 Å². The highest BCUT2D eigenvalue weighted by molar-refractivity contribution is 4.86. The maximum atomic E-state index is 9.64. The van der Waals surface area contributed by atoms with E-state index in [9.17, 15) is 5.11 Å². The van der Waals surface area contributed by atoms with Gasteiger partial charge in [0.25, 0.3) is 0 Å². The number of aliphatic hydroxyl groups is 1. The maximum Gasteiger partial charge on any atom is 0.109 e. The Morgan fingerprint density at radius 1 is 1.17 bits per heavy atom. The van der Waals surface area contributed by atoms with Gasteiger partial charge in [-0.15, -0.1) is 0 Å². The van der Waals surface area contributed by atoms with Gasteiger partial charge >= 0.3 is 0 Å². The first kappa shape index (κ1) is 9.96. The Kier molecular flexibility index (Phi) is 3.50. The van der Waals surface area contributed by atoms with Gasteiger partial charge in [-0.25, -0.2) is 0 Å². The van der Waals surface area contributed by atoms with E-state index in [1.807, 2.05) is 0 Å². The second kappa shape index (κ2) is 4.21. The molecule has 1 fully saturated rings. The molecule has 1 saturated carbocycles. The molecule has 0 aromatic heterocycles. The molecule has 0 bridgehead atoms. The zero-order chi connectivity index (χ0) is 9.14. The average molecular weight is 174 g/mol. The van der Waals surface area contributed by atoms with Gasteiger partial charge in [0.05, 0.1) is 12.2 Å². The SMILES string of the molecule is COC1CC(C)CC(O)C1OC. The van der Waals surface area contributed by atoms with Gasteiger partial charge < -0.3 is 14.6 Å². The van der Waals surface area contributed by atoms with E-state index in [0.717, 1.165) is 12.8 Å². The van der Waals surface area contributed by atoms with Crippen molar-refractivity contribution in [1.82, 2.24) is 0 Å². The third-order valence-corrected chi connectivity index (χ3v) is 2.60. The lowest BCUT2D eigenvalue weighted by molar-refractivity contribution is -0.127. The largest absolute Gasteiger partial charge is 0.390 e. The Morgan fingerprint density at radius 3 is 2.33 bits per heavy atom. The normalized spacial score (nSPS) is 43.0. The first-order valence-electron chi connectivity index (χ1n) is 4.42. The number of methoxy groups -OCH3 is 2. The highest BCUT2D eigenvalue weighted by Crippen LogP contribution is 2.27. The smallest absolute Gasteiger partial charge is 0.109 e. The summed E-state index contributed by atoms with van der Waals surface area (Å²) in [6.07, 6.45) is 1.33. The summed E-state index contributed by atoms with van der Waals surface area (Å²) < 4.78 is 10.4. The molecule has 4 unspecified atom stereocenters. The van der Waals surface area contributed by atoms with Crippen LogP contribution in [0.2, 0.25) is 0 Å². The van der Waals surface area contributed by atoms with Crippen LogP contribution in [0.3, 0.4) is 0 Å². The van der Waals surface area contributed by atoms with Crippen molar-refractivity contribution < 1.29 is 14.6 Å². The molecule has 1 aliphatic carbocycles. The summed E-state index contributed by atoms with van der Waals surface area (Å²) >= 11 is 0. The van der Waals surface area contributed by atoms with E-state index in [1.54, 1.807) is 14.2 Å². The summed E-state index contributed by atoms with van der Waals surface area (Å²) in [6, 6.07) is 0. The molecule has 0 aliphatic heterocycles. The number of hydrogen-bond donors (Lipinski definition) is 1. The Hall–Kier alpha value is -0.120. The van der Waals surface area contributed by atoms with Gasteiger partial charge in [-0.05, 0) is 18.8 Å². The lowest BCUT2D eigenvalue weighted by Crippen LogP contribution is -2.46. The minimum atomic E-state index is -0.372. The fourth-order valence-corrected chi connectivity index (χ4v) is 1.96. The van der Waals surface area contributed by atoms with E-state index in [4.69, 9.17) is 9.47 Å². The third kappa shape index (κ3) is 1.97. The minimum Gasteiger partial charge on any atom is -0.390 e. The summed E-state index contributed by atoms with van der Waals surface area (Å²) in [7, 11) is 3.29. The van der Waals surface area contributed by atoms with Crippen molar-refractivity contribution in [2.24, 2.45) is 5.92 Å². The van der Waals surface area contributed by atoms with Crippen LogP contribution in [0.15, 0.2) is 0 Å². The van der Waals surface area contributed by atoms with Crippen molar-refractivity contribution >= 4 is 0 Å². The van der Waals surface area contributed by atoms with Crippen molar-refractivity contribution in [3.05, 3.63) is 0 Å². The number of hydrogen-bond acceptors (Lipinski definition) is 3. The molecule has 0 aromatic rings. The molecule has 3 heteroatoms. The minimum absolute atomic E-state index is 0.0498. The highest BCUT2D eigenvalue weighted by Gasteiger charge is 2.35. The molecule has 4 atom stereocenters. The Morgan fingerprint density at radius 2 is 1.83 bits per heavy atom. The van der Waals surface area contributed by atoms with E-state index >= 15 is 0 Å². The van der Waals surface area contributed by atoms with E-state index < -0.39 is 0 Å². The first-order valence-corrected chi connectivity index (χ1v) is 4.42. The van der Waals surface area contributed by atoms with Gasteiger partial charge in [-0.3, -0.25) is 0 Å². The van der Waals surface area contributed by atoms with E-state index in [-0.39, 0.29) is 18.3 Å². The molecule has 72 valence electrons. The number of ether oxygens (including phenoxy) is 2. The van der Waals surface area contributed by atoms with Gasteiger partial charge in [0.2, 0.25) is 0 Å². The monoisotopic (exact) mass is 174 g/mol. The zero-order valence-corrected chi connectivity index (χ0v) is 7.99. The number of rotatable bonds is 2. The van der Waals surface area contributed by atoms with Crippen molar-refractivity contribution in [1.29, 1.82) is 0 Å². The van der Waals surface area contributed by atoms with Crippen LogP contribution >= 0.6 is 0 Å². The molecule has 0 saturated heterocycles. The van der Waals surface area contributed by atoms with Gasteiger partial charge in [-0.1, -0.05) is 6.92 Å². The molecule has 0 radical (unpaired) electrons. The summed E-state index contributed by atoms with van der Waals surface area (Å²) in [5.74, 6) is 0.524. The second-order valence-corrected chi connectivity index (χ2v) is 3.62. The van der Waals surface area contributed by atoms with Crippen LogP contribution in [-0.2, 0) is 9.47 Å². The van der Waals surface area contributed by atoms with Crippen LogP contribution in [0.1, 0.15) is 19.8 Å². The summed E-state index contributed by atoms with van der Waals surface area (Å²) in [5, 5.41) is 9.64. The molecule has 1 N–H and O–H groups in total. The van der Waals surface area contributed by atoms with Crippen molar-refractivity contribution in [2.45, 2.75) is 38.1 Å². The first-order chi connectivity index (χ1) is 5.69. The standard InChI is InChI=1S/C9H18O3/c1-6-4-7(10)9(12-3)8(5-6)11-2/h6-10H,4-5H2,1-3H3. The van der Waals surface area contributed by atoms with Crippen LogP contribution in [-0.4, -0.2) is 37.6 Å². The van der Waals surface area contributed by atoms with Crippen LogP contribution < -0.4 is 0 Å². The third-order valence-electron chi connectivity index (χ3n) is 2.60. The maximum absolute atomic E-state index is 9.64. The average Bonchev–Trinajstić information content (AvgIpc) is 2.03. The lowest BCUT2D eigenvalue weighted by atomic mass is 9.84. The Bertz CT molecular complexity index is 138. The lowest BCUT2D eigenvalue weighted by Gasteiger charge is -2.36. The van der Waals surface area contributed by atoms with Gasteiger partial charge in [0, 0.05) is 14.2 Å². The van der Waals surface area contributed by atoms with Crippen LogP contribution in [0.4, 0.5) is 0 Å². The fourth-order valence-electron chi connectivity index (χ4n) is 1.96. The Balaban J connectivity index is 2.56. The molecular formula is C9H18O3. The van der Waals surface area contributed by atoms with Crippen LogP contribution in [0.25, 0.3) is 0 Å². The molecule has 3 nitrogen and oxygen atoms in total. The molecule has 0 aromatic carbocycles. The van der Waals surface area contributed by atoms with Gasteiger partial charge in [0.15, 0.2) is 0 Å². The predicted molar refractivity (Wildman–Crippen MR) is 46.0 cm³/mol.